The third kappa shape index (κ3) is 6.36. The summed E-state index contributed by atoms with van der Waals surface area (Å²) in [6.07, 6.45) is 17.8. The first-order valence-corrected chi connectivity index (χ1v) is 11.8. The fourth-order valence-corrected chi connectivity index (χ4v) is 5.44. The summed E-state index contributed by atoms with van der Waals surface area (Å²) in [7, 11) is 0. The van der Waals surface area contributed by atoms with Gasteiger partial charge in [-0.2, -0.15) is 0 Å². The summed E-state index contributed by atoms with van der Waals surface area (Å²) in [5.74, 6) is 4.49. The molecule has 2 aliphatic rings. The minimum Gasteiger partial charge on any atom is -0.494 e. The van der Waals surface area contributed by atoms with Gasteiger partial charge in [-0.05, 0) is 99.2 Å². The third-order valence-electron chi connectivity index (χ3n) is 7.28. The van der Waals surface area contributed by atoms with Crippen LogP contribution in [0.4, 0.5) is 4.39 Å². The molecule has 0 aromatic heterocycles. The molecule has 0 N–H and O–H groups in total. The van der Waals surface area contributed by atoms with E-state index in [1.165, 1.54) is 69.8 Å². The minimum absolute atomic E-state index is 0.705. The van der Waals surface area contributed by atoms with E-state index in [1.807, 2.05) is 0 Å². The van der Waals surface area contributed by atoms with E-state index < -0.39 is 0 Å². The maximum Gasteiger partial charge on any atom is 0.119 e. The number of hydrogen-bond donors (Lipinski definition) is 0. The zero-order valence-electron chi connectivity index (χ0n) is 17.8. The van der Waals surface area contributed by atoms with Gasteiger partial charge in [0.25, 0.3) is 0 Å². The Kier molecular flexibility index (Phi) is 8.89. The van der Waals surface area contributed by atoms with E-state index in [2.05, 4.69) is 31.2 Å². The van der Waals surface area contributed by atoms with Crippen molar-refractivity contribution < 1.29 is 9.13 Å². The standard InChI is InChI=1S/C26H39FO/c1-2-3-20-28-26-17-15-25(16-18-26)24-13-11-23(12-14-24)22-9-7-21(8-10-22)6-4-5-19-27/h5,15-19,21-24H,2-4,6-14,20H2,1H3/b19-5+/t21-,22-,23-,24-. The maximum atomic E-state index is 12.1. The van der Waals surface area contributed by atoms with Gasteiger partial charge >= 0.3 is 0 Å². The number of ether oxygens (including phenoxy) is 1. The molecule has 156 valence electrons. The first-order valence-electron chi connectivity index (χ1n) is 11.8. The van der Waals surface area contributed by atoms with Gasteiger partial charge in [-0.15, -0.1) is 0 Å². The molecule has 0 bridgehead atoms. The highest BCUT2D eigenvalue weighted by molar-refractivity contribution is 5.29. The van der Waals surface area contributed by atoms with Gasteiger partial charge in [0.05, 0.1) is 12.9 Å². The largest absolute Gasteiger partial charge is 0.494 e. The lowest BCUT2D eigenvalue weighted by Crippen LogP contribution is -2.25. The smallest absolute Gasteiger partial charge is 0.119 e. The first kappa shape index (κ1) is 21.4. The van der Waals surface area contributed by atoms with Gasteiger partial charge in [0.1, 0.15) is 5.75 Å². The van der Waals surface area contributed by atoms with Crippen molar-refractivity contribution >= 4 is 0 Å². The van der Waals surface area contributed by atoms with Crippen LogP contribution in [-0.2, 0) is 0 Å². The fraction of sp³-hybridized carbons (Fsp3) is 0.692. The number of hydrogen-bond acceptors (Lipinski definition) is 1. The van der Waals surface area contributed by atoms with E-state index in [0.717, 1.165) is 48.9 Å². The Morgan fingerprint density at radius 2 is 1.57 bits per heavy atom. The van der Waals surface area contributed by atoms with Gasteiger partial charge in [0, 0.05) is 0 Å². The Hall–Kier alpha value is -1.31. The highest BCUT2D eigenvalue weighted by atomic mass is 19.1. The summed E-state index contributed by atoms with van der Waals surface area (Å²) >= 11 is 0. The summed E-state index contributed by atoms with van der Waals surface area (Å²) in [6.45, 7) is 3.02. The Balaban J connectivity index is 1.39. The second-order valence-electron chi connectivity index (χ2n) is 9.10. The van der Waals surface area contributed by atoms with Crippen molar-refractivity contribution in [3.63, 3.8) is 0 Å². The van der Waals surface area contributed by atoms with Crippen LogP contribution in [-0.4, -0.2) is 6.61 Å². The number of rotatable bonds is 9. The summed E-state index contributed by atoms with van der Waals surface area (Å²) in [4.78, 5) is 0. The molecule has 1 aromatic carbocycles. The average molecular weight is 387 g/mol. The van der Waals surface area contributed by atoms with E-state index in [4.69, 9.17) is 4.74 Å². The molecule has 0 radical (unpaired) electrons. The molecule has 0 heterocycles. The van der Waals surface area contributed by atoms with Gasteiger partial charge < -0.3 is 4.74 Å². The molecule has 0 unspecified atom stereocenters. The number of benzene rings is 1. The molecule has 1 aromatic rings. The zero-order chi connectivity index (χ0) is 19.6. The molecular formula is C26H39FO. The van der Waals surface area contributed by atoms with E-state index >= 15 is 0 Å². The molecule has 2 aliphatic carbocycles. The monoisotopic (exact) mass is 386 g/mol. The van der Waals surface area contributed by atoms with E-state index in [1.54, 1.807) is 6.08 Å². The number of unbranched alkanes of at least 4 members (excludes halogenated alkanes) is 1. The van der Waals surface area contributed by atoms with Gasteiger partial charge in [-0.1, -0.05) is 44.4 Å². The van der Waals surface area contributed by atoms with Gasteiger partial charge in [-0.25, -0.2) is 4.39 Å². The van der Waals surface area contributed by atoms with Gasteiger partial charge in [0.15, 0.2) is 0 Å². The van der Waals surface area contributed by atoms with Crippen molar-refractivity contribution in [2.75, 3.05) is 6.61 Å². The number of halogens is 1. The van der Waals surface area contributed by atoms with Crippen LogP contribution in [0.2, 0.25) is 0 Å². The zero-order valence-corrected chi connectivity index (χ0v) is 17.8. The van der Waals surface area contributed by atoms with Crippen LogP contribution in [0.5, 0.6) is 5.75 Å². The van der Waals surface area contributed by atoms with Crippen molar-refractivity contribution in [2.24, 2.45) is 17.8 Å². The average Bonchev–Trinajstić information content (AvgIpc) is 2.75. The van der Waals surface area contributed by atoms with Crippen LogP contribution >= 0.6 is 0 Å². The Morgan fingerprint density at radius 1 is 0.929 bits per heavy atom. The number of allylic oxidation sites excluding steroid dienone is 1. The Morgan fingerprint density at radius 3 is 2.18 bits per heavy atom. The normalized spacial score (nSPS) is 28.5. The van der Waals surface area contributed by atoms with Crippen molar-refractivity contribution in [2.45, 2.75) is 89.9 Å². The van der Waals surface area contributed by atoms with Crippen molar-refractivity contribution in [1.82, 2.24) is 0 Å². The third-order valence-corrected chi connectivity index (χ3v) is 7.28. The topological polar surface area (TPSA) is 9.23 Å². The van der Waals surface area contributed by atoms with Crippen molar-refractivity contribution in [3.05, 3.63) is 42.2 Å². The Labute approximate surface area is 171 Å². The molecule has 0 atom stereocenters. The van der Waals surface area contributed by atoms with Gasteiger partial charge in [0.2, 0.25) is 0 Å². The summed E-state index contributed by atoms with van der Waals surface area (Å²) in [6, 6.07) is 8.92. The van der Waals surface area contributed by atoms with E-state index in [9.17, 15) is 4.39 Å². The molecule has 3 rings (SSSR count). The fourth-order valence-electron chi connectivity index (χ4n) is 5.44. The molecule has 0 spiro atoms. The molecule has 28 heavy (non-hydrogen) atoms. The predicted molar refractivity (Wildman–Crippen MR) is 116 cm³/mol. The quantitative estimate of drug-likeness (QED) is 0.388. The second kappa shape index (κ2) is 11.6. The summed E-state index contributed by atoms with van der Waals surface area (Å²) in [5, 5.41) is 0. The molecular weight excluding hydrogens is 347 g/mol. The second-order valence-corrected chi connectivity index (χ2v) is 9.10. The SMILES string of the molecule is CCCCOc1ccc([C@H]2CC[C@H]([C@H]3CC[C@H](CC/C=C/F)CC3)CC2)cc1. The highest BCUT2D eigenvalue weighted by Gasteiger charge is 2.31. The van der Waals surface area contributed by atoms with Crippen molar-refractivity contribution in [1.29, 1.82) is 0 Å². The van der Waals surface area contributed by atoms with Crippen LogP contribution in [0, 0.1) is 17.8 Å². The minimum atomic E-state index is 0.705. The van der Waals surface area contributed by atoms with Crippen LogP contribution < -0.4 is 4.74 Å². The summed E-state index contributed by atoms with van der Waals surface area (Å²) in [5.41, 5.74) is 1.51. The molecule has 1 nitrogen and oxygen atoms in total. The van der Waals surface area contributed by atoms with Crippen LogP contribution in [0.3, 0.4) is 0 Å². The molecule has 0 saturated heterocycles. The first-order chi connectivity index (χ1) is 13.8. The molecule has 0 amide bonds. The molecule has 2 fully saturated rings. The van der Waals surface area contributed by atoms with Gasteiger partial charge in [-0.3, -0.25) is 0 Å². The lowest BCUT2D eigenvalue weighted by atomic mass is 9.68. The highest BCUT2D eigenvalue weighted by Crippen LogP contribution is 2.44. The van der Waals surface area contributed by atoms with Crippen LogP contribution in [0.15, 0.2) is 36.7 Å². The predicted octanol–water partition coefficient (Wildman–Crippen LogP) is 8.21. The lowest BCUT2D eigenvalue weighted by molar-refractivity contribution is 0.157. The Bertz CT molecular complexity index is 563. The van der Waals surface area contributed by atoms with Crippen LogP contribution in [0.1, 0.15) is 95.5 Å². The van der Waals surface area contributed by atoms with Crippen molar-refractivity contribution in [3.8, 4) is 5.75 Å². The maximum absolute atomic E-state index is 12.1. The van der Waals surface area contributed by atoms with E-state index in [-0.39, 0.29) is 0 Å². The lowest BCUT2D eigenvalue weighted by Gasteiger charge is -2.38. The summed E-state index contributed by atoms with van der Waals surface area (Å²) < 4.78 is 17.9. The molecule has 2 saturated carbocycles. The van der Waals surface area contributed by atoms with Crippen LogP contribution in [0.25, 0.3) is 0 Å². The molecule has 2 heteroatoms. The van der Waals surface area contributed by atoms with E-state index in [0.29, 0.717) is 6.33 Å². The molecule has 0 aliphatic heterocycles.